The number of aromatic nitrogens is 2. The van der Waals surface area contributed by atoms with Gasteiger partial charge in [-0.1, -0.05) is 13.8 Å². The van der Waals surface area contributed by atoms with Crippen LogP contribution in [0.5, 0.6) is 0 Å². The van der Waals surface area contributed by atoms with E-state index < -0.39 is 0 Å². The van der Waals surface area contributed by atoms with Gasteiger partial charge in [0, 0.05) is 13.2 Å². The van der Waals surface area contributed by atoms with Crippen molar-refractivity contribution in [1.29, 1.82) is 0 Å². The summed E-state index contributed by atoms with van der Waals surface area (Å²) in [4.78, 5) is 12.1. The lowest BCUT2D eigenvalue weighted by Crippen LogP contribution is -2.27. The smallest absolute Gasteiger partial charge is 0.283 e. The third kappa shape index (κ3) is 4.95. The first-order valence-electron chi connectivity index (χ1n) is 6.46. The molecule has 1 heterocycles. The average Bonchev–Trinajstić information content (AvgIpc) is 2.33. The van der Waals surface area contributed by atoms with E-state index >= 15 is 0 Å². The largest absolute Gasteiger partial charge is 0.383 e. The molecule has 0 fully saturated rings. The van der Waals surface area contributed by atoms with Crippen LogP contribution in [0.2, 0.25) is 0 Å². The third-order valence-electron chi connectivity index (χ3n) is 2.72. The zero-order valence-electron chi connectivity index (χ0n) is 11.9. The van der Waals surface area contributed by atoms with Crippen LogP contribution in [-0.4, -0.2) is 29.5 Å². The van der Waals surface area contributed by atoms with Crippen LogP contribution in [0.1, 0.15) is 27.2 Å². The van der Waals surface area contributed by atoms with Crippen molar-refractivity contribution in [3.8, 4) is 0 Å². The van der Waals surface area contributed by atoms with Crippen LogP contribution in [-0.2, 0) is 11.3 Å². The zero-order valence-corrected chi connectivity index (χ0v) is 13.5. The van der Waals surface area contributed by atoms with E-state index in [-0.39, 0.29) is 5.56 Å². The summed E-state index contributed by atoms with van der Waals surface area (Å²) in [6.07, 6.45) is 2.72. The Balaban J connectivity index is 2.81. The van der Waals surface area contributed by atoms with Crippen molar-refractivity contribution in [3.05, 3.63) is 21.0 Å². The van der Waals surface area contributed by atoms with Gasteiger partial charge in [0.1, 0.15) is 4.47 Å². The minimum absolute atomic E-state index is 0.140. The summed E-state index contributed by atoms with van der Waals surface area (Å²) in [5.74, 6) is 0.608. The van der Waals surface area contributed by atoms with Crippen LogP contribution >= 0.6 is 15.9 Å². The van der Waals surface area contributed by atoms with Gasteiger partial charge in [0.2, 0.25) is 0 Å². The van der Waals surface area contributed by atoms with Gasteiger partial charge in [0.15, 0.2) is 0 Å². The molecule has 0 saturated carbocycles. The quantitative estimate of drug-likeness (QED) is 0.834. The summed E-state index contributed by atoms with van der Waals surface area (Å²) in [7, 11) is 1.60. The fraction of sp³-hybridized carbons (Fsp3) is 0.692. The lowest BCUT2D eigenvalue weighted by molar-refractivity contribution is 0.181. The van der Waals surface area contributed by atoms with E-state index in [1.54, 1.807) is 13.3 Å². The molecule has 0 amide bonds. The topological polar surface area (TPSA) is 56.1 Å². The number of anilines is 1. The first kappa shape index (κ1) is 16.2. The van der Waals surface area contributed by atoms with Gasteiger partial charge in [-0.2, -0.15) is 5.10 Å². The number of ether oxygens (including phenoxy) is 1. The standard InChI is InChI=1S/C13H22BrN3O2/c1-9(2)7-10(3)16-11-8-15-17(5-6-19-4)13(18)12(11)14/h8-10,16H,5-7H2,1-4H3. The van der Waals surface area contributed by atoms with E-state index in [9.17, 15) is 4.79 Å². The Morgan fingerprint density at radius 1 is 1.47 bits per heavy atom. The zero-order chi connectivity index (χ0) is 14.4. The minimum atomic E-state index is -0.140. The van der Waals surface area contributed by atoms with Crippen LogP contribution < -0.4 is 10.9 Å². The minimum Gasteiger partial charge on any atom is -0.383 e. The normalized spacial score (nSPS) is 12.7. The fourth-order valence-electron chi connectivity index (χ4n) is 1.93. The molecular weight excluding hydrogens is 310 g/mol. The molecule has 108 valence electrons. The van der Waals surface area contributed by atoms with Gasteiger partial charge in [-0.15, -0.1) is 0 Å². The number of nitrogens with one attached hydrogen (secondary N) is 1. The van der Waals surface area contributed by atoms with Crippen molar-refractivity contribution in [3.63, 3.8) is 0 Å². The van der Waals surface area contributed by atoms with Gasteiger partial charge in [0.25, 0.3) is 5.56 Å². The Morgan fingerprint density at radius 2 is 2.16 bits per heavy atom. The van der Waals surface area contributed by atoms with Crippen molar-refractivity contribution in [1.82, 2.24) is 9.78 Å². The molecule has 0 bridgehead atoms. The van der Waals surface area contributed by atoms with Crippen molar-refractivity contribution in [2.24, 2.45) is 5.92 Å². The van der Waals surface area contributed by atoms with Crippen molar-refractivity contribution in [2.75, 3.05) is 19.0 Å². The number of hydrogen-bond donors (Lipinski definition) is 1. The number of halogens is 1. The maximum atomic E-state index is 12.1. The monoisotopic (exact) mass is 331 g/mol. The van der Waals surface area contributed by atoms with Gasteiger partial charge in [-0.3, -0.25) is 4.79 Å². The molecule has 1 unspecified atom stereocenters. The van der Waals surface area contributed by atoms with Crippen LogP contribution in [0, 0.1) is 5.92 Å². The molecule has 1 atom stereocenters. The molecule has 5 nitrogen and oxygen atoms in total. The highest BCUT2D eigenvalue weighted by Gasteiger charge is 2.11. The van der Waals surface area contributed by atoms with Gasteiger partial charge in [0.05, 0.1) is 25.0 Å². The molecule has 0 radical (unpaired) electrons. The molecule has 1 aromatic heterocycles. The summed E-state index contributed by atoms with van der Waals surface area (Å²) >= 11 is 3.34. The summed E-state index contributed by atoms with van der Waals surface area (Å²) in [6.45, 7) is 7.37. The SMILES string of the molecule is COCCn1ncc(NC(C)CC(C)C)c(Br)c1=O. The maximum Gasteiger partial charge on any atom is 0.283 e. The first-order chi connectivity index (χ1) is 8.95. The summed E-state index contributed by atoms with van der Waals surface area (Å²) in [5, 5.41) is 7.45. The number of hydrogen-bond acceptors (Lipinski definition) is 4. The van der Waals surface area contributed by atoms with E-state index in [2.05, 4.69) is 47.1 Å². The second-order valence-corrected chi connectivity index (χ2v) is 5.86. The van der Waals surface area contributed by atoms with Gasteiger partial charge in [-0.05, 0) is 35.2 Å². The highest BCUT2D eigenvalue weighted by molar-refractivity contribution is 9.10. The van der Waals surface area contributed by atoms with Crippen LogP contribution in [0.4, 0.5) is 5.69 Å². The van der Waals surface area contributed by atoms with Gasteiger partial charge in [-0.25, -0.2) is 4.68 Å². The molecule has 6 heteroatoms. The molecule has 0 saturated heterocycles. The number of nitrogens with zero attached hydrogens (tertiary/aromatic N) is 2. The summed E-state index contributed by atoms with van der Waals surface area (Å²) in [6, 6.07) is 0.298. The van der Waals surface area contributed by atoms with Crippen molar-refractivity contribution < 1.29 is 4.74 Å². The van der Waals surface area contributed by atoms with E-state index in [0.717, 1.165) is 12.1 Å². The highest BCUT2D eigenvalue weighted by atomic mass is 79.9. The fourth-order valence-corrected chi connectivity index (χ4v) is 2.36. The number of rotatable bonds is 7. The molecule has 1 N–H and O–H groups in total. The van der Waals surface area contributed by atoms with E-state index in [0.29, 0.717) is 29.6 Å². The molecule has 19 heavy (non-hydrogen) atoms. The number of methoxy groups -OCH3 is 1. The molecule has 0 aromatic carbocycles. The van der Waals surface area contributed by atoms with Crippen molar-refractivity contribution in [2.45, 2.75) is 39.8 Å². The second kappa shape index (κ2) is 7.65. The lowest BCUT2D eigenvalue weighted by Gasteiger charge is -2.18. The van der Waals surface area contributed by atoms with Crippen LogP contribution in [0.3, 0.4) is 0 Å². The predicted octanol–water partition coefficient (Wildman–Crippen LogP) is 2.50. The lowest BCUT2D eigenvalue weighted by atomic mass is 10.1. The molecular formula is C13H22BrN3O2. The Bertz CT molecular complexity index is 460. The Morgan fingerprint density at radius 3 is 2.74 bits per heavy atom. The van der Waals surface area contributed by atoms with Gasteiger partial charge < -0.3 is 10.1 Å². The van der Waals surface area contributed by atoms with Gasteiger partial charge >= 0.3 is 0 Å². The van der Waals surface area contributed by atoms with E-state index in [1.165, 1.54) is 4.68 Å². The Kier molecular flexibility index (Phi) is 6.51. The molecule has 0 aliphatic rings. The Hall–Kier alpha value is -0.880. The second-order valence-electron chi connectivity index (χ2n) is 5.07. The molecule has 0 spiro atoms. The van der Waals surface area contributed by atoms with Crippen LogP contribution in [0.15, 0.2) is 15.5 Å². The van der Waals surface area contributed by atoms with E-state index in [4.69, 9.17) is 4.74 Å². The molecule has 0 aliphatic carbocycles. The van der Waals surface area contributed by atoms with Crippen molar-refractivity contribution >= 4 is 21.6 Å². The summed E-state index contributed by atoms with van der Waals surface area (Å²) in [5.41, 5.74) is 0.602. The predicted molar refractivity (Wildman–Crippen MR) is 80.6 cm³/mol. The van der Waals surface area contributed by atoms with Crippen LogP contribution in [0.25, 0.3) is 0 Å². The first-order valence-corrected chi connectivity index (χ1v) is 7.26. The Labute approximate surface area is 122 Å². The van der Waals surface area contributed by atoms with E-state index in [1.807, 2.05) is 0 Å². The average molecular weight is 332 g/mol. The summed E-state index contributed by atoms with van der Waals surface area (Å²) < 4.78 is 6.87. The molecule has 1 rings (SSSR count). The third-order valence-corrected chi connectivity index (χ3v) is 3.49. The molecule has 1 aromatic rings. The highest BCUT2D eigenvalue weighted by Crippen LogP contribution is 2.19. The molecule has 0 aliphatic heterocycles. The maximum absolute atomic E-state index is 12.1.